The van der Waals surface area contributed by atoms with E-state index in [1.807, 2.05) is 33.9 Å². The topological polar surface area (TPSA) is 69.8 Å². The fraction of sp³-hybridized carbons (Fsp3) is 0.538. The van der Waals surface area contributed by atoms with Crippen LogP contribution in [0.15, 0.2) is 11.0 Å². The molecule has 2 rings (SSSR count). The van der Waals surface area contributed by atoms with Crippen molar-refractivity contribution in [2.24, 2.45) is 7.05 Å². The van der Waals surface area contributed by atoms with Crippen LogP contribution in [-0.4, -0.2) is 28.0 Å². The third kappa shape index (κ3) is 3.13. The van der Waals surface area contributed by atoms with E-state index < -0.39 is 9.05 Å². The number of aryl methyl sites for hydroxylation is 3. The van der Waals surface area contributed by atoms with Gasteiger partial charge in [0, 0.05) is 17.7 Å². The molecule has 0 saturated carbocycles. The average Bonchev–Trinajstić information content (AvgIpc) is 2.89. The maximum absolute atomic E-state index is 11.8. The summed E-state index contributed by atoms with van der Waals surface area (Å²) in [7, 11) is 3.64. The largest absolute Gasteiger partial charge is 0.270 e. The highest BCUT2D eigenvalue weighted by Crippen LogP contribution is 2.26. The van der Waals surface area contributed by atoms with Gasteiger partial charge in [0.25, 0.3) is 9.05 Å². The minimum Gasteiger partial charge on any atom is -0.270 e. The van der Waals surface area contributed by atoms with Crippen molar-refractivity contribution in [1.82, 2.24) is 19.6 Å². The second-order valence-electron chi connectivity index (χ2n) is 4.93. The Morgan fingerprint density at radius 2 is 1.90 bits per heavy atom. The van der Waals surface area contributed by atoms with Gasteiger partial charge in [-0.1, -0.05) is 13.8 Å². The standard InChI is InChI=1S/C13H19ClN4O2S/c1-5-11-13(21(14,19)20)12(6-2)18(16-11)8-10-7-9(3)15-17(10)4/h7H,5-6,8H2,1-4H3. The molecule has 0 saturated heterocycles. The lowest BCUT2D eigenvalue weighted by Gasteiger charge is -2.07. The van der Waals surface area contributed by atoms with Crippen molar-refractivity contribution in [3.8, 4) is 0 Å². The molecule has 2 aromatic rings. The van der Waals surface area contributed by atoms with Crippen molar-refractivity contribution < 1.29 is 8.42 Å². The molecule has 0 atom stereocenters. The Labute approximate surface area is 129 Å². The number of nitrogens with zero attached hydrogens (tertiary/aromatic N) is 4. The average molecular weight is 331 g/mol. The van der Waals surface area contributed by atoms with Crippen molar-refractivity contribution in [1.29, 1.82) is 0 Å². The zero-order chi connectivity index (χ0) is 15.8. The Kier molecular flexibility index (Phi) is 4.43. The molecule has 6 nitrogen and oxygen atoms in total. The molecule has 0 amide bonds. The fourth-order valence-electron chi connectivity index (χ4n) is 2.49. The first kappa shape index (κ1) is 16.0. The van der Waals surface area contributed by atoms with Crippen molar-refractivity contribution in [2.45, 2.75) is 45.1 Å². The molecule has 21 heavy (non-hydrogen) atoms. The van der Waals surface area contributed by atoms with Crippen LogP contribution in [0.3, 0.4) is 0 Å². The number of hydrogen-bond donors (Lipinski definition) is 0. The van der Waals surface area contributed by atoms with Crippen LogP contribution < -0.4 is 0 Å². The van der Waals surface area contributed by atoms with Crippen LogP contribution in [0, 0.1) is 6.92 Å². The summed E-state index contributed by atoms with van der Waals surface area (Å²) in [6, 6.07) is 1.96. The van der Waals surface area contributed by atoms with Gasteiger partial charge in [-0.25, -0.2) is 8.42 Å². The van der Waals surface area contributed by atoms with E-state index in [0.717, 1.165) is 11.4 Å². The van der Waals surface area contributed by atoms with E-state index >= 15 is 0 Å². The molecule has 0 aliphatic rings. The van der Waals surface area contributed by atoms with Crippen molar-refractivity contribution >= 4 is 19.7 Å². The molecule has 0 N–H and O–H groups in total. The second-order valence-corrected chi connectivity index (χ2v) is 7.43. The van der Waals surface area contributed by atoms with Crippen LogP contribution in [0.25, 0.3) is 0 Å². The van der Waals surface area contributed by atoms with Gasteiger partial charge in [0.05, 0.1) is 29.3 Å². The Bertz CT molecular complexity index is 761. The maximum Gasteiger partial charge on any atom is 0.264 e. The minimum absolute atomic E-state index is 0.160. The molecule has 0 aliphatic heterocycles. The maximum atomic E-state index is 11.8. The monoisotopic (exact) mass is 330 g/mol. The van der Waals surface area contributed by atoms with Gasteiger partial charge < -0.3 is 0 Å². The summed E-state index contributed by atoms with van der Waals surface area (Å²) in [5.41, 5.74) is 3.03. The summed E-state index contributed by atoms with van der Waals surface area (Å²) < 4.78 is 27.1. The lowest BCUT2D eigenvalue weighted by atomic mass is 10.2. The molecule has 0 spiro atoms. The van der Waals surface area contributed by atoms with E-state index in [4.69, 9.17) is 10.7 Å². The SMILES string of the molecule is CCc1nn(Cc2cc(C)nn2C)c(CC)c1S(=O)(=O)Cl. The summed E-state index contributed by atoms with van der Waals surface area (Å²) in [6.45, 7) is 6.15. The quantitative estimate of drug-likeness (QED) is 0.786. The van der Waals surface area contributed by atoms with Gasteiger partial charge in [0.2, 0.25) is 0 Å². The van der Waals surface area contributed by atoms with E-state index in [9.17, 15) is 8.42 Å². The van der Waals surface area contributed by atoms with Crippen LogP contribution >= 0.6 is 10.7 Å². The molecule has 0 aromatic carbocycles. The first-order chi connectivity index (χ1) is 9.77. The van der Waals surface area contributed by atoms with Crippen LogP contribution in [0.2, 0.25) is 0 Å². The van der Waals surface area contributed by atoms with Crippen LogP contribution in [0.5, 0.6) is 0 Å². The third-order valence-electron chi connectivity index (χ3n) is 3.40. The molecule has 2 aromatic heterocycles. The van der Waals surface area contributed by atoms with Gasteiger partial charge >= 0.3 is 0 Å². The molecule has 0 aliphatic carbocycles. The van der Waals surface area contributed by atoms with E-state index in [1.165, 1.54) is 0 Å². The van der Waals surface area contributed by atoms with E-state index in [-0.39, 0.29) is 4.90 Å². The van der Waals surface area contributed by atoms with Gasteiger partial charge in [0.15, 0.2) is 0 Å². The summed E-state index contributed by atoms with van der Waals surface area (Å²) >= 11 is 0. The van der Waals surface area contributed by atoms with Gasteiger partial charge in [-0.05, 0) is 25.8 Å². The highest BCUT2D eigenvalue weighted by Gasteiger charge is 2.25. The van der Waals surface area contributed by atoms with Crippen molar-refractivity contribution in [3.05, 3.63) is 28.8 Å². The smallest absolute Gasteiger partial charge is 0.264 e. The van der Waals surface area contributed by atoms with Gasteiger partial charge in [0.1, 0.15) is 4.90 Å². The lowest BCUT2D eigenvalue weighted by Crippen LogP contribution is -2.10. The van der Waals surface area contributed by atoms with Gasteiger partial charge in [-0.15, -0.1) is 0 Å². The third-order valence-corrected chi connectivity index (χ3v) is 4.82. The molecule has 2 heterocycles. The number of hydrogen-bond acceptors (Lipinski definition) is 4. The first-order valence-corrected chi connectivity index (χ1v) is 9.11. The van der Waals surface area contributed by atoms with Crippen LogP contribution in [-0.2, 0) is 35.5 Å². The fourth-order valence-corrected chi connectivity index (χ4v) is 4.02. The summed E-state index contributed by atoms with van der Waals surface area (Å²) in [5.74, 6) is 0. The molecular formula is C13H19ClN4O2S. The van der Waals surface area contributed by atoms with E-state index in [0.29, 0.717) is 30.8 Å². The Morgan fingerprint density at radius 3 is 2.33 bits per heavy atom. The highest BCUT2D eigenvalue weighted by atomic mass is 35.7. The zero-order valence-corrected chi connectivity index (χ0v) is 14.2. The van der Waals surface area contributed by atoms with E-state index in [2.05, 4.69) is 10.2 Å². The zero-order valence-electron chi connectivity index (χ0n) is 12.6. The van der Waals surface area contributed by atoms with Gasteiger partial charge in [-0.3, -0.25) is 9.36 Å². The lowest BCUT2D eigenvalue weighted by molar-refractivity contribution is 0.589. The number of halogens is 1. The van der Waals surface area contributed by atoms with Crippen LogP contribution in [0.4, 0.5) is 0 Å². The molecule has 0 unspecified atom stereocenters. The Morgan fingerprint density at radius 1 is 1.24 bits per heavy atom. The predicted molar refractivity (Wildman–Crippen MR) is 81.1 cm³/mol. The predicted octanol–water partition coefficient (Wildman–Crippen LogP) is 2.03. The second kappa shape index (κ2) is 5.81. The highest BCUT2D eigenvalue weighted by molar-refractivity contribution is 8.13. The van der Waals surface area contributed by atoms with Crippen molar-refractivity contribution in [3.63, 3.8) is 0 Å². The molecule has 8 heteroatoms. The number of rotatable bonds is 5. The first-order valence-electron chi connectivity index (χ1n) is 6.80. The molecule has 0 bridgehead atoms. The normalized spacial score (nSPS) is 12.0. The summed E-state index contributed by atoms with van der Waals surface area (Å²) in [5, 5.41) is 8.72. The Balaban J connectivity index is 2.55. The molecule has 116 valence electrons. The van der Waals surface area contributed by atoms with E-state index in [1.54, 1.807) is 9.36 Å². The van der Waals surface area contributed by atoms with Gasteiger partial charge in [-0.2, -0.15) is 10.2 Å². The Hall–Kier alpha value is -1.34. The van der Waals surface area contributed by atoms with Crippen LogP contribution in [0.1, 0.15) is 36.6 Å². The molecule has 0 radical (unpaired) electrons. The van der Waals surface area contributed by atoms with Crippen molar-refractivity contribution in [2.75, 3.05) is 0 Å². The number of aromatic nitrogens is 4. The summed E-state index contributed by atoms with van der Waals surface area (Å²) in [4.78, 5) is 0.160. The molecule has 0 fully saturated rings. The molecular weight excluding hydrogens is 312 g/mol. The minimum atomic E-state index is -3.80. The summed E-state index contributed by atoms with van der Waals surface area (Å²) in [6.07, 6.45) is 1.07.